The first kappa shape index (κ1) is 15.0. The maximum Gasteiger partial charge on any atom is 0.224 e. The summed E-state index contributed by atoms with van der Waals surface area (Å²) >= 11 is 3.59. The van der Waals surface area contributed by atoms with Crippen LogP contribution >= 0.6 is 15.9 Å². The predicted molar refractivity (Wildman–Crippen MR) is 89.9 cm³/mol. The van der Waals surface area contributed by atoms with Gasteiger partial charge in [0.25, 0.3) is 0 Å². The van der Waals surface area contributed by atoms with Crippen LogP contribution in [-0.4, -0.2) is 54.1 Å². The summed E-state index contributed by atoms with van der Waals surface area (Å²) in [6.07, 6.45) is 5.81. The van der Waals surface area contributed by atoms with Gasteiger partial charge in [-0.05, 0) is 41.1 Å². The lowest BCUT2D eigenvalue weighted by atomic mass is 10.3. The molecule has 1 aromatic rings. The van der Waals surface area contributed by atoms with Crippen molar-refractivity contribution >= 4 is 27.7 Å². The number of halogens is 1. The number of rotatable bonds is 6. The Kier molecular flexibility index (Phi) is 4.95. The third-order valence-corrected chi connectivity index (χ3v) is 4.70. The van der Waals surface area contributed by atoms with Crippen LogP contribution in [0.15, 0.2) is 10.7 Å². The molecule has 0 unspecified atom stereocenters. The largest absolute Gasteiger partial charge is 0.354 e. The Bertz CT molecular complexity index is 469. The minimum atomic E-state index is 0.732. The summed E-state index contributed by atoms with van der Waals surface area (Å²) in [5, 5.41) is 3.26. The average Bonchev–Trinajstić information content (AvgIpc) is 3.31. The van der Waals surface area contributed by atoms with E-state index in [0.717, 1.165) is 61.3 Å². The highest BCUT2D eigenvalue weighted by atomic mass is 79.9. The van der Waals surface area contributed by atoms with Gasteiger partial charge in [0.1, 0.15) is 5.82 Å². The van der Waals surface area contributed by atoms with Crippen LogP contribution in [0, 0.1) is 5.92 Å². The predicted octanol–water partition coefficient (Wildman–Crippen LogP) is 2.59. The molecule has 21 heavy (non-hydrogen) atoms. The summed E-state index contributed by atoms with van der Waals surface area (Å²) in [5.74, 6) is 2.73. The van der Waals surface area contributed by atoms with Crippen LogP contribution in [0.2, 0.25) is 0 Å². The fourth-order valence-corrected chi connectivity index (χ4v) is 3.15. The molecule has 1 aromatic heterocycles. The molecule has 1 aliphatic carbocycles. The third-order valence-electron chi connectivity index (χ3n) is 4.14. The molecule has 0 bridgehead atoms. The monoisotopic (exact) mass is 353 g/mol. The zero-order chi connectivity index (χ0) is 14.7. The van der Waals surface area contributed by atoms with E-state index in [4.69, 9.17) is 0 Å². The van der Waals surface area contributed by atoms with Crippen molar-refractivity contribution in [1.82, 2.24) is 14.9 Å². The number of hydrogen-bond acceptors (Lipinski definition) is 5. The number of piperazine rings is 1. The minimum absolute atomic E-state index is 0.732. The van der Waals surface area contributed by atoms with Crippen molar-refractivity contribution in [2.24, 2.45) is 5.92 Å². The molecule has 0 radical (unpaired) electrons. The van der Waals surface area contributed by atoms with Crippen LogP contribution in [0.1, 0.15) is 26.2 Å². The molecule has 0 atom stereocenters. The fourth-order valence-electron chi connectivity index (χ4n) is 2.71. The van der Waals surface area contributed by atoms with Gasteiger partial charge in [0.05, 0.1) is 4.47 Å². The summed E-state index contributed by atoms with van der Waals surface area (Å²) in [6, 6.07) is 0. The summed E-state index contributed by atoms with van der Waals surface area (Å²) in [5.41, 5.74) is 0. The maximum atomic E-state index is 4.67. The zero-order valence-electron chi connectivity index (χ0n) is 12.7. The molecule has 3 rings (SSSR count). The van der Waals surface area contributed by atoms with Crippen LogP contribution in [0.3, 0.4) is 0 Å². The van der Waals surface area contributed by atoms with Crippen molar-refractivity contribution in [2.45, 2.75) is 26.2 Å². The molecule has 116 valence electrons. The lowest BCUT2D eigenvalue weighted by Gasteiger charge is -2.35. The maximum absolute atomic E-state index is 4.67. The molecule has 1 saturated heterocycles. The average molecular weight is 354 g/mol. The second kappa shape index (κ2) is 6.92. The lowest BCUT2D eigenvalue weighted by Crippen LogP contribution is -2.47. The van der Waals surface area contributed by atoms with E-state index in [-0.39, 0.29) is 0 Å². The molecular formula is C15H24BrN5. The van der Waals surface area contributed by atoms with Gasteiger partial charge in [0.15, 0.2) is 0 Å². The summed E-state index contributed by atoms with van der Waals surface area (Å²) in [6.45, 7) is 8.74. The first-order chi connectivity index (χ1) is 10.3. The number of nitrogens with zero attached hydrogens (tertiary/aromatic N) is 4. The quantitative estimate of drug-likeness (QED) is 0.851. The summed E-state index contributed by atoms with van der Waals surface area (Å²) in [7, 11) is 0. The first-order valence-electron chi connectivity index (χ1n) is 8.00. The molecule has 5 nitrogen and oxygen atoms in total. The molecule has 1 saturated carbocycles. The number of aromatic nitrogens is 2. The van der Waals surface area contributed by atoms with Gasteiger partial charge in [-0.25, -0.2) is 4.98 Å². The van der Waals surface area contributed by atoms with Crippen molar-refractivity contribution in [3.8, 4) is 0 Å². The van der Waals surface area contributed by atoms with E-state index >= 15 is 0 Å². The number of hydrogen-bond donors (Lipinski definition) is 1. The van der Waals surface area contributed by atoms with Gasteiger partial charge in [-0.15, -0.1) is 0 Å². The van der Waals surface area contributed by atoms with Crippen molar-refractivity contribution in [3.63, 3.8) is 0 Å². The van der Waals surface area contributed by atoms with Crippen molar-refractivity contribution in [2.75, 3.05) is 49.5 Å². The van der Waals surface area contributed by atoms with Crippen molar-refractivity contribution in [3.05, 3.63) is 10.7 Å². The second-order valence-electron chi connectivity index (χ2n) is 6.02. The van der Waals surface area contributed by atoms with E-state index in [9.17, 15) is 0 Å². The van der Waals surface area contributed by atoms with Gasteiger partial charge in [-0.3, -0.25) is 4.90 Å². The Balaban J connectivity index is 1.60. The highest BCUT2D eigenvalue weighted by molar-refractivity contribution is 9.10. The van der Waals surface area contributed by atoms with Gasteiger partial charge < -0.3 is 10.2 Å². The number of anilines is 2. The fraction of sp³-hybridized carbons (Fsp3) is 0.733. The normalized spacial score (nSPS) is 19.8. The molecule has 1 aliphatic heterocycles. The molecule has 2 aliphatic rings. The Morgan fingerprint density at radius 1 is 1.29 bits per heavy atom. The van der Waals surface area contributed by atoms with Crippen LogP contribution in [0.5, 0.6) is 0 Å². The van der Waals surface area contributed by atoms with Gasteiger partial charge >= 0.3 is 0 Å². The minimum Gasteiger partial charge on any atom is -0.354 e. The molecule has 2 fully saturated rings. The molecule has 0 spiro atoms. The summed E-state index contributed by atoms with van der Waals surface area (Å²) in [4.78, 5) is 14.0. The van der Waals surface area contributed by atoms with E-state index in [1.807, 2.05) is 6.20 Å². The lowest BCUT2D eigenvalue weighted by molar-refractivity contribution is 0.247. The highest BCUT2D eigenvalue weighted by Gasteiger charge is 2.27. The highest BCUT2D eigenvalue weighted by Crippen LogP contribution is 2.30. The topological polar surface area (TPSA) is 44.3 Å². The van der Waals surface area contributed by atoms with Crippen molar-refractivity contribution < 1.29 is 0 Å². The van der Waals surface area contributed by atoms with Crippen LogP contribution in [-0.2, 0) is 0 Å². The number of nitrogens with one attached hydrogen (secondary N) is 1. The molecule has 2 heterocycles. The van der Waals surface area contributed by atoms with Crippen LogP contribution in [0.4, 0.5) is 11.8 Å². The van der Waals surface area contributed by atoms with Gasteiger partial charge in [-0.1, -0.05) is 6.92 Å². The van der Waals surface area contributed by atoms with Crippen molar-refractivity contribution in [1.29, 1.82) is 0 Å². The standard InChI is InChI=1S/C15H24BrN5/c1-2-5-17-15-18-10-13(16)14(19-15)21-8-6-20(7-9-21)11-12-3-4-12/h10,12H,2-9,11H2,1H3,(H,17,18,19). The van der Waals surface area contributed by atoms with Gasteiger partial charge in [0.2, 0.25) is 5.95 Å². The Morgan fingerprint density at radius 3 is 2.71 bits per heavy atom. The zero-order valence-corrected chi connectivity index (χ0v) is 14.3. The summed E-state index contributed by atoms with van der Waals surface area (Å²) < 4.78 is 0.986. The smallest absolute Gasteiger partial charge is 0.224 e. The van der Waals surface area contributed by atoms with E-state index in [1.54, 1.807) is 0 Å². The van der Waals surface area contributed by atoms with Gasteiger partial charge in [-0.2, -0.15) is 4.98 Å². The van der Waals surface area contributed by atoms with E-state index in [1.165, 1.54) is 19.4 Å². The molecule has 6 heteroatoms. The van der Waals surface area contributed by atoms with E-state index in [0.29, 0.717) is 0 Å². The Morgan fingerprint density at radius 2 is 2.05 bits per heavy atom. The molecule has 1 N–H and O–H groups in total. The van der Waals surface area contributed by atoms with Gasteiger partial charge in [0, 0.05) is 45.5 Å². The molecule has 0 amide bonds. The third kappa shape index (κ3) is 4.07. The second-order valence-corrected chi connectivity index (χ2v) is 6.88. The van der Waals surface area contributed by atoms with E-state index in [2.05, 4.69) is 47.9 Å². The van der Waals surface area contributed by atoms with Crippen LogP contribution < -0.4 is 10.2 Å². The molecule has 0 aromatic carbocycles. The SMILES string of the molecule is CCCNc1ncc(Br)c(N2CCN(CC3CC3)CC2)n1. The van der Waals surface area contributed by atoms with Crippen LogP contribution in [0.25, 0.3) is 0 Å². The molecular weight excluding hydrogens is 330 g/mol. The Labute approximate surface area is 135 Å². The first-order valence-corrected chi connectivity index (χ1v) is 8.79. The van der Waals surface area contributed by atoms with E-state index < -0.39 is 0 Å². The Hall–Kier alpha value is -0.880.